The molecule has 0 radical (unpaired) electrons. The molecule has 0 bridgehead atoms. The van der Waals surface area contributed by atoms with E-state index in [1.54, 1.807) is 24.3 Å². The highest BCUT2D eigenvalue weighted by molar-refractivity contribution is 7.17. The number of aromatic hydroxyl groups is 1. The smallest absolute Gasteiger partial charge is 0.266 e. The molecule has 20 heavy (non-hydrogen) atoms. The number of carbonyl (C=O) groups is 1. The number of hydrogen-bond acceptors (Lipinski definition) is 4. The third kappa shape index (κ3) is 3.60. The summed E-state index contributed by atoms with van der Waals surface area (Å²) in [6.45, 7) is 0. The molecule has 1 aromatic carbocycles. The third-order valence-corrected chi connectivity index (χ3v) is 3.55. The topological polar surface area (TPSA) is 73.1 Å². The molecule has 1 amide bonds. The molecule has 0 spiro atoms. The number of benzene rings is 1. The molecule has 4 nitrogen and oxygen atoms in total. The van der Waals surface area contributed by atoms with Crippen LogP contribution < -0.4 is 5.32 Å². The first-order chi connectivity index (χ1) is 9.58. The summed E-state index contributed by atoms with van der Waals surface area (Å²) in [6.07, 6.45) is 1.48. The van der Waals surface area contributed by atoms with Crippen molar-refractivity contribution in [3.8, 4) is 11.8 Å². The number of rotatable bonds is 3. The molecule has 2 N–H and O–H groups in total. The second kappa shape index (κ2) is 6.24. The van der Waals surface area contributed by atoms with Crippen LogP contribution in [0.5, 0.6) is 5.75 Å². The zero-order valence-corrected chi connectivity index (χ0v) is 11.7. The molecule has 0 fully saturated rings. The van der Waals surface area contributed by atoms with Gasteiger partial charge in [-0.2, -0.15) is 5.26 Å². The predicted molar refractivity (Wildman–Crippen MR) is 79.7 cm³/mol. The predicted octanol–water partition coefficient (Wildman–Crippen LogP) is 3.65. The van der Waals surface area contributed by atoms with Crippen LogP contribution >= 0.6 is 22.9 Å². The maximum Gasteiger partial charge on any atom is 0.266 e. The van der Waals surface area contributed by atoms with E-state index < -0.39 is 5.91 Å². The number of phenolic OH excluding ortho intramolecular Hbond substituents is 1. The molecule has 0 atom stereocenters. The molecule has 2 rings (SSSR count). The van der Waals surface area contributed by atoms with E-state index in [9.17, 15) is 4.79 Å². The van der Waals surface area contributed by atoms with E-state index >= 15 is 0 Å². The highest BCUT2D eigenvalue weighted by Crippen LogP contribution is 2.24. The monoisotopic (exact) mass is 304 g/mol. The summed E-state index contributed by atoms with van der Waals surface area (Å²) in [5.41, 5.74) is 0.481. The molecular formula is C14H9ClN2O2S. The largest absolute Gasteiger partial charge is 0.508 e. The van der Waals surface area contributed by atoms with E-state index in [4.69, 9.17) is 22.0 Å². The maximum atomic E-state index is 11.9. The molecular weight excluding hydrogens is 296 g/mol. The van der Waals surface area contributed by atoms with Crippen LogP contribution in [-0.4, -0.2) is 11.0 Å². The lowest BCUT2D eigenvalue weighted by Gasteiger charge is -2.03. The van der Waals surface area contributed by atoms with Crippen LogP contribution in [0.3, 0.4) is 0 Å². The standard InChI is InChI=1S/C14H9ClN2O2S/c15-13-6-5-12(20-13)7-9(8-16)14(19)17-10-1-3-11(18)4-2-10/h1-7,18H,(H,17,19)/b9-7+. The van der Waals surface area contributed by atoms with Crippen molar-refractivity contribution in [1.29, 1.82) is 5.26 Å². The molecule has 100 valence electrons. The van der Waals surface area contributed by atoms with Crippen LogP contribution in [0.4, 0.5) is 5.69 Å². The van der Waals surface area contributed by atoms with Crippen molar-refractivity contribution in [1.82, 2.24) is 0 Å². The molecule has 2 aromatic rings. The van der Waals surface area contributed by atoms with Crippen molar-refractivity contribution in [2.24, 2.45) is 0 Å². The molecule has 1 aromatic heterocycles. The van der Waals surface area contributed by atoms with Crippen LogP contribution in [0.2, 0.25) is 4.34 Å². The zero-order valence-electron chi connectivity index (χ0n) is 10.1. The summed E-state index contributed by atoms with van der Waals surface area (Å²) in [6, 6.07) is 11.3. The number of phenols is 1. The number of hydrogen-bond donors (Lipinski definition) is 2. The first kappa shape index (κ1) is 14.1. The molecule has 6 heteroatoms. The van der Waals surface area contributed by atoms with Gasteiger partial charge in [-0.25, -0.2) is 0 Å². The Morgan fingerprint density at radius 2 is 2.00 bits per heavy atom. The van der Waals surface area contributed by atoms with E-state index in [-0.39, 0.29) is 11.3 Å². The Hall–Kier alpha value is -2.29. The van der Waals surface area contributed by atoms with Gasteiger partial charge in [0, 0.05) is 10.6 Å². The number of carbonyl (C=O) groups excluding carboxylic acids is 1. The summed E-state index contributed by atoms with van der Waals surface area (Å²) >= 11 is 7.08. The summed E-state index contributed by atoms with van der Waals surface area (Å²) < 4.78 is 0.590. The number of amides is 1. The van der Waals surface area contributed by atoms with Crippen LogP contribution in [0, 0.1) is 11.3 Å². The van der Waals surface area contributed by atoms with Gasteiger partial charge >= 0.3 is 0 Å². The van der Waals surface area contributed by atoms with E-state index in [0.717, 1.165) is 4.88 Å². The van der Waals surface area contributed by atoms with Gasteiger partial charge in [0.25, 0.3) is 5.91 Å². The fraction of sp³-hybridized carbons (Fsp3) is 0. The van der Waals surface area contributed by atoms with E-state index in [0.29, 0.717) is 10.0 Å². The minimum Gasteiger partial charge on any atom is -0.508 e. The van der Waals surface area contributed by atoms with Crippen LogP contribution in [0.25, 0.3) is 6.08 Å². The van der Waals surface area contributed by atoms with E-state index in [1.165, 1.54) is 29.5 Å². The number of nitriles is 1. The van der Waals surface area contributed by atoms with Gasteiger partial charge in [0.1, 0.15) is 17.4 Å². The Kier molecular flexibility index (Phi) is 4.41. The normalized spacial score (nSPS) is 10.9. The number of nitrogens with zero attached hydrogens (tertiary/aromatic N) is 1. The van der Waals surface area contributed by atoms with Crippen molar-refractivity contribution in [2.45, 2.75) is 0 Å². The van der Waals surface area contributed by atoms with Gasteiger partial charge in [0.05, 0.1) is 4.34 Å². The molecule has 1 heterocycles. The Balaban J connectivity index is 2.16. The maximum absolute atomic E-state index is 11.9. The van der Waals surface area contributed by atoms with Gasteiger partial charge in [-0.05, 0) is 42.5 Å². The van der Waals surface area contributed by atoms with E-state index in [1.807, 2.05) is 6.07 Å². The van der Waals surface area contributed by atoms with Crippen molar-refractivity contribution in [3.63, 3.8) is 0 Å². The average Bonchev–Trinajstić information content (AvgIpc) is 2.84. The van der Waals surface area contributed by atoms with Crippen molar-refractivity contribution < 1.29 is 9.90 Å². The van der Waals surface area contributed by atoms with Gasteiger partial charge < -0.3 is 10.4 Å². The average molecular weight is 305 g/mol. The van der Waals surface area contributed by atoms with Crippen molar-refractivity contribution in [3.05, 3.63) is 51.2 Å². The Labute approximate surface area is 124 Å². The summed E-state index contributed by atoms with van der Waals surface area (Å²) in [5, 5.41) is 20.8. The number of thiophene rings is 1. The number of anilines is 1. The highest BCUT2D eigenvalue weighted by atomic mass is 35.5. The lowest BCUT2D eigenvalue weighted by atomic mass is 10.2. The van der Waals surface area contributed by atoms with Gasteiger partial charge in [0.15, 0.2) is 0 Å². The lowest BCUT2D eigenvalue weighted by Crippen LogP contribution is -2.13. The Morgan fingerprint density at radius 1 is 1.30 bits per heavy atom. The minimum atomic E-state index is -0.511. The SMILES string of the molecule is N#C/C(=C\c1ccc(Cl)s1)C(=O)Nc1ccc(O)cc1. The molecule has 0 unspecified atom stereocenters. The Bertz CT molecular complexity index is 699. The quantitative estimate of drug-likeness (QED) is 0.516. The molecule has 0 saturated carbocycles. The van der Waals surface area contributed by atoms with Crippen molar-refractivity contribution >= 4 is 40.6 Å². The van der Waals surface area contributed by atoms with Crippen LogP contribution in [0.1, 0.15) is 4.88 Å². The molecule has 0 saturated heterocycles. The molecule has 0 aliphatic carbocycles. The summed E-state index contributed by atoms with van der Waals surface area (Å²) in [7, 11) is 0. The van der Waals surface area contributed by atoms with Gasteiger partial charge in [-0.3, -0.25) is 4.79 Å². The van der Waals surface area contributed by atoms with Gasteiger partial charge in [-0.1, -0.05) is 11.6 Å². The third-order valence-electron chi connectivity index (χ3n) is 2.37. The van der Waals surface area contributed by atoms with Crippen molar-refractivity contribution in [2.75, 3.05) is 5.32 Å². The summed E-state index contributed by atoms with van der Waals surface area (Å²) in [4.78, 5) is 12.7. The fourth-order valence-electron chi connectivity index (χ4n) is 1.44. The highest BCUT2D eigenvalue weighted by Gasteiger charge is 2.10. The first-order valence-corrected chi connectivity index (χ1v) is 6.75. The van der Waals surface area contributed by atoms with Gasteiger partial charge in [0.2, 0.25) is 0 Å². The first-order valence-electron chi connectivity index (χ1n) is 5.56. The lowest BCUT2D eigenvalue weighted by molar-refractivity contribution is -0.112. The second-order valence-corrected chi connectivity index (χ2v) is 5.56. The number of nitrogens with one attached hydrogen (secondary N) is 1. The van der Waals surface area contributed by atoms with Crippen LogP contribution in [0.15, 0.2) is 42.0 Å². The van der Waals surface area contributed by atoms with Crippen LogP contribution in [-0.2, 0) is 4.79 Å². The number of halogens is 1. The minimum absolute atomic E-state index is 0.0170. The molecule has 0 aliphatic heterocycles. The molecule has 0 aliphatic rings. The zero-order chi connectivity index (χ0) is 14.5. The van der Waals surface area contributed by atoms with E-state index in [2.05, 4.69) is 5.32 Å². The second-order valence-electron chi connectivity index (χ2n) is 3.81. The fourth-order valence-corrected chi connectivity index (χ4v) is 2.44. The Morgan fingerprint density at radius 3 is 2.55 bits per heavy atom. The van der Waals surface area contributed by atoms with Gasteiger partial charge in [-0.15, -0.1) is 11.3 Å². The summed E-state index contributed by atoms with van der Waals surface area (Å²) in [5.74, 6) is -0.407.